The Morgan fingerprint density at radius 1 is 1.26 bits per heavy atom. The van der Waals surface area contributed by atoms with Crippen molar-refractivity contribution in [1.82, 2.24) is 25.1 Å². The summed E-state index contributed by atoms with van der Waals surface area (Å²) in [6, 6.07) is 5.40. The summed E-state index contributed by atoms with van der Waals surface area (Å²) in [5, 5.41) is 20.3. The normalized spacial score (nSPS) is 16.9. The number of aliphatic carboxylic acids is 1. The fourth-order valence-corrected chi connectivity index (χ4v) is 5.52. The van der Waals surface area contributed by atoms with Crippen molar-refractivity contribution in [2.75, 3.05) is 18.9 Å². The average molecular weight is 701 g/mol. The van der Waals surface area contributed by atoms with E-state index in [0.29, 0.717) is 23.9 Å². The van der Waals surface area contributed by atoms with Crippen LogP contribution in [0.3, 0.4) is 0 Å². The fraction of sp³-hybridized carbons (Fsp3) is 0.360. The first kappa shape index (κ1) is 34.5. The van der Waals surface area contributed by atoms with Crippen LogP contribution in [-0.2, 0) is 40.4 Å². The zero-order valence-electron chi connectivity index (χ0n) is 24.2. The molecular weight excluding hydrogens is 672 g/mol. The van der Waals surface area contributed by atoms with Crippen LogP contribution in [0, 0.1) is 0 Å². The molecule has 3 aromatic rings. The molecule has 0 radical (unpaired) electrons. The van der Waals surface area contributed by atoms with E-state index in [1.807, 2.05) is 6.20 Å². The van der Waals surface area contributed by atoms with Gasteiger partial charge in [-0.05, 0) is 44.5 Å². The molecule has 4 rings (SSSR count). The predicted molar refractivity (Wildman–Crippen MR) is 163 cm³/mol. The number of nitrogens with two attached hydrogens (primary N) is 2. The number of hydrogen-bond donors (Lipinski definition) is 5. The van der Waals surface area contributed by atoms with Crippen molar-refractivity contribution in [1.29, 1.82) is 0 Å². The molecule has 0 aliphatic carbocycles. The van der Waals surface area contributed by atoms with Gasteiger partial charge in [0.1, 0.15) is 28.4 Å². The molecule has 2 aromatic heterocycles. The number of oxime groups is 1. The number of halogens is 1. The lowest BCUT2D eigenvalue weighted by atomic mass is 9.84. The Labute approximate surface area is 270 Å². The Kier molecular flexibility index (Phi) is 10.5. The van der Waals surface area contributed by atoms with E-state index in [2.05, 4.69) is 24.8 Å². The van der Waals surface area contributed by atoms with Gasteiger partial charge in [-0.25, -0.2) is 9.78 Å². The number of nitrogens with one attached hydrogen (secondary N) is 1. The molecule has 0 saturated carbocycles. The number of benzene rings is 1. The Balaban J connectivity index is 1.47. The maximum Gasteiger partial charge on any atom is 0.418 e. The summed E-state index contributed by atoms with van der Waals surface area (Å²) in [4.78, 5) is 46.8. The van der Waals surface area contributed by atoms with Crippen LogP contribution in [0.2, 0.25) is 4.34 Å². The molecule has 1 saturated heterocycles. The van der Waals surface area contributed by atoms with Gasteiger partial charge in [-0.15, -0.1) is 4.28 Å². The second-order valence-electron chi connectivity index (χ2n) is 10.2. The number of hydroxylamine groups is 2. The van der Waals surface area contributed by atoms with Crippen molar-refractivity contribution in [2.24, 2.45) is 10.9 Å². The largest absolute Gasteiger partial charge is 0.489 e. The van der Waals surface area contributed by atoms with Crippen LogP contribution in [0.1, 0.15) is 26.0 Å². The van der Waals surface area contributed by atoms with E-state index in [4.69, 9.17) is 37.2 Å². The lowest BCUT2D eigenvalue weighted by Gasteiger charge is -2.50. The third-order valence-electron chi connectivity index (χ3n) is 6.52. The molecule has 21 heteroatoms. The van der Waals surface area contributed by atoms with Crippen LogP contribution < -0.4 is 21.5 Å². The van der Waals surface area contributed by atoms with E-state index in [1.54, 1.807) is 35.1 Å². The second kappa shape index (κ2) is 14.0. The van der Waals surface area contributed by atoms with Gasteiger partial charge in [0.15, 0.2) is 10.8 Å². The molecule has 1 unspecified atom stereocenters. The van der Waals surface area contributed by atoms with Gasteiger partial charge in [-0.2, -0.15) is 18.6 Å². The summed E-state index contributed by atoms with van der Waals surface area (Å²) >= 11 is 6.95. The summed E-state index contributed by atoms with van der Waals surface area (Å²) in [6.45, 7) is 3.38. The van der Waals surface area contributed by atoms with E-state index in [-0.39, 0.29) is 15.2 Å². The topological polar surface area (TPSA) is 264 Å². The van der Waals surface area contributed by atoms with Gasteiger partial charge in [-0.3, -0.25) is 18.8 Å². The molecule has 3 heterocycles. The van der Waals surface area contributed by atoms with Gasteiger partial charge < -0.3 is 31.5 Å². The smallest absolute Gasteiger partial charge is 0.418 e. The molecule has 0 bridgehead atoms. The average Bonchev–Trinajstić information content (AvgIpc) is 3.60. The molecule has 7 N–H and O–H groups in total. The molecule has 1 aliphatic rings. The molecule has 1 fully saturated rings. The lowest BCUT2D eigenvalue weighted by Crippen LogP contribution is -2.76. The Hall–Kier alpha value is -4.34. The van der Waals surface area contributed by atoms with E-state index in [1.165, 1.54) is 13.8 Å². The van der Waals surface area contributed by atoms with E-state index < -0.39 is 58.2 Å². The van der Waals surface area contributed by atoms with Gasteiger partial charge in [0, 0.05) is 18.3 Å². The highest BCUT2D eigenvalue weighted by Gasteiger charge is 2.58. The number of nitrogens with zero attached hydrogens (tertiary/aromatic N) is 5. The van der Waals surface area contributed by atoms with Crippen molar-refractivity contribution in [3.05, 3.63) is 46.7 Å². The molecule has 0 spiro atoms. The molecule has 2 amide bonds. The molecule has 2 atom stereocenters. The summed E-state index contributed by atoms with van der Waals surface area (Å²) in [6.07, 6.45) is 2.64. The summed E-state index contributed by atoms with van der Waals surface area (Å²) in [5.74, 6) is -3.29. The second-order valence-corrected chi connectivity index (χ2v) is 12.8. The first-order valence-electron chi connectivity index (χ1n) is 13.3. The number of rotatable bonds is 15. The first-order chi connectivity index (χ1) is 21.6. The van der Waals surface area contributed by atoms with Crippen molar-refractivity contribution >= 4 is 62.0 Å². The van der Waals surface area contributed by atoms with Crippen LogP contribution in [0.4, 0.5) is 5.13 Å². The highest BCUT2D eigenvalue weighted by molar-refractivity contribution is 7.80. The Morgan fingerprint density at radius 2 is 1.96 bits per heavy atom. The predicted octanol–water partition coefficient (Wildman–Crippen LogP) is 0.684. The third-order valence-corrected chi connectivity index (χ3v) is 7.94. The number of amides is 2. The zero-order chi connectivity index (χ0) is 33.8. The highest BCUT2D eigenvalue weighted by atomic mass is 35.5. The Morgan fingerprint density at radius 3 is 2.52 bits per heavy atom. The number of carbonyl (C=O) groups is 3. The molecule has 18 nitrogen and oxygen atoms in total. The molecule has 248 valence electrons. The summed E-state index contributed by atoms with van der Waals surface area (Å²) < 4.78 is 42.7. The van der Waals surface area contributed by atoms with Crippen molar-refractivity contribution in [2.45, 2.75) is 44.5 Å². The molecular formula is C25H29ClN8O10S2. The van der Waals surface area contributed by atoms with Crippen molar-refractivity contribution in [3.8, 4) is 16.9 Å². The van der Waals surface area contributed by atoms with Crippen LogP contribution in [0.5, 0.6) is 5.75 Å². The maximum absolute atomic E-state index is 13.3. The maximum atomic E-state index is 13.3. The molecule has 46 heavy (non-hydrogen) atoms. The zero-order valence-corrected chi connectivity index (χ0v) is 26.6. The summed E-state index contributed by atoms with van der Waals surface area (Å²) in [7, 11) is -5.04. The quantitative estimate of drug-likeness (QED) is 0.0632. The number of β-lactam (4-membered cyclic amide) rings is 1. The minimum atomic E-state index is -5.04. The SMILES string of the molecule is CC1(C)C(NC(=O)/C(=N\O[C@@H](COc2ccc(-c3cnn(CCCN)c3)cc2)C(=O)O)c2nc(N)sc2Cl)C(=O)N1OS(=O)(=O)O. The van der Waals surface area contributed by atoms with E-state index in [0.717, 1.165) is 28.9 Å². The Bertz CT molecular complexity index is 1740. The summed E-state index contributed by atoms with van der Waals surface area (Å²) in [5.41, 5.74) is 10.6. The van der Waals surface area contributed by atoms with Gasteiger partial charge in [0.25, 0.3) is 17.9 Å². The molecule has 1 aromatic carbocycles. The number of carboxylic acids is 1. The van der Waals surface area contributed by atoms with Crippen LogP contribution in [0.25, 0.3) is 11.1 Å². The van der Waals surface area contributed by atoms with E-state index in [9.17, 15) is 27.9 Å². The number of aryl methyl sites for hydroxylation is 1. The number of anilines is 1. The lowest BCUT2D eigenvalue weighted by molar-refractivity contribution is -0.218. The van der Waals surface area contributed by atoms with Crippen molar-refractivity contribution < 1.29 is 46.3 Å². The monoisotopic (exact) mass is 700 g/mol. The number of hydrogen-bond acceptors (Lipinski definition) is 14. The van der Waals surface area contributed by atoms with Crippen LogP contribution in [0.15, 0.2) is 41.8 Å². The van der Waals surface area contributed by atoms with E-state index >= 15 is 0 Å². The van der Waals surface area contributed by atoms with Crippen molar-refractivity contribution in [3.63, 3.8) is 0 Å². The minimum absolute atomic E-state index is 0.0576. The van der Waals surface area contributed by atoms with Crippen LogP contribution in [-0.4, -0.2) is 92.2 Å². The van der Waals surface area contributed by atoms with Gasteiger partial charge >= 0.3 is 16.4 Å². The molecule has 1 aliphatic heterocycles. The van der Waals surface area contributed by atoms with Gasteiger partial charge in [0.05, 0.1) is 11.7 Å². The highest BCUT2D eigenvalue weighted by Crippen LogP contribution is 2.33. The minimum Gasteiger partial charge on any atom is -0.489 e. The third kappa shape index (κ3) is 8.08. The standard InChI is InChI=1S/C25H29ClN8O10S2/c1-25(2)19(22(36)34(25)44-46(39,40)41)31-21(35)18(17-20(26)45-24(28)30-17)32-43-16(23(37)38)12-42-15-6-4-13(5-7-15)14-10-29-33(11-14)9-3-8-27/h4-7,10-11,16,19H,3,8-9,12,27H2,1-2H3,(H2,28,30)(H,31,35)(H,37,38)(H,39,40,41)/b32-18-/t16-,19?/m0/s1. The number of ether oxygens (including phenoxy) is 1. The number of thiazole rings is 1. The van der Waals surface area contributed by atoms with Gasteiger partial charge in [-0.1, -0.05) is 40.2 Å². The van der Waals surface area contributed by atoms with Gasteiger partial charge in [0.2, 0.25) is 0 Å². The number of carbonyl (C=O) groups excluding carboxylic acids is 2. The number of nitrogen functional groups attached to an aromatic ring is 1. The van der Waals surface area contributed by atoms with Crippen LogP contribution >= 0.6 is 22.9 Å². The number of carboxylic acid groups (broad SMARTS) is 1. The first-order valence-corrected chi connectivity index (χ1v) is 15.8. The number of aromatic nitrogens is 3. The fourth-order valence-electron chi connectivity index (χ4n) is 4.14.